The summed E-state index contributed by atoms with van der Waals surface area (Å²) in [5.41, 5.74) is 5.71. The summed E-state index contributed by atoms with van der Waals surface area (Å²) in [4.78, 5) is 13.1. The molecule has 2 N–H and O–H groups in total. The number of nitrogens with zero attached hydrogens (tertiary/aromatic N) is 4. The van der Waals surface area contributed by atoms with E-state index in [0.717, 1.165) is 43.2 Å². The lowest BCUT2D eigenvalue weighted by Gasteiger charge is -2.20. The predicted octanol–water partition coefficient (Wildman–Crippen LogP) is 0.963. The second-order valence-electron chi connectivity index (χ2n) is 4.06. The van der Waals surface area contributed by atoms with Crippen molar-refractivity contribution in [1.29, 1.82) is 0 Å². The normalized spacial score (nSPS) is 18.5. The maximum Gasteiger partial charge on any atom is 0.228 e. The summed E-state index contributed by atoms with van der Waals surface area (Å²) in [6.45, 7) is 4.10. The van der Waals surface area contributed by atoms with Gasteiger partial charge in [-0.15, -0.1) is 0 Å². The van der Waals surface area contributed by atoms with Crippen LogP contribution in [0.4, 0.5) is 11.8 Å². The maximum atomic E-state index is 5.71. The molecule has 2 heterocycles. The van der Waals surface area contributed by atoms with Crippen LogP contribution in [0.5, 0.6) is 0 Å². The average Bonchev–Trinajstić information content (AvgIpc) is 2.41. The van der Waals surface area contributed by atoms with Gasteiger partial charge in [0.05, 0.1) is 0 Å². The van der Waals surface area contributed by atoms with E-state index in [4.69, 9.17) is 5.73 Å². The Kier molecular flexibility index (Phi) is 3.60. The molecule has 1 fully saturated rings. The van der Waals surface area contributed by atoms with Gasteiger partial charge >= 0.3 is 0 Å². The molecule has 0 bridgehead atoms. The molecule has 0 amide bonds. The van der Waals surface area contributed by atoms with E-state index in [9.17, 15) is 0 Å². The molecule has 0 unspecified atom stereocenters. The summed E-state index contributed by atoms with van der Waals surface area (Å²) < 4.78 is 0.743. The highest BCUT2D eigenvalue weighted by Crippen LogP contribution is 2.17. The van der Waals surface area contributed by atoms with E-state index in [1.807, 2.05) is 0 Å². The van der Waals surface area contributed by atoms with Crippen molar-refractivity contribution in [3.05, 3.63) is 10.7 Å². The van der Waals surface area contributed by atoms with Crippen molar-refractivity contribution in [3.63, 3.8) is 0 Å². The van der Waals surface area contributed by atoms with Crippen LogP contribution in [0.3, 0.4) is 0 Å². The van der Waals surface area contributed by atoms with E-state index in [1.165, 1.54) is 0 Å². The summed E-state index contributed by atoms with van der Waals surface area (Å²) >= 11 is 3.34. The number of anilines is 2. The molecule has 0 aromatic carbocycles. The van der Waals surface area contributed by atoms with Gasteiger partial charge < -0.3 is 15.5 Å². The molecule has 16 heavy (non-hydrogen) atoms. The van der Waals surface area contributed by atoms with Gasteiger partial charge in [0.2, 0.25) is 5.95 Å². The van der Waals surface area contributed by atoms with Crippen LogP contribution in [0.15, 0.2) is 10.7 Å². The number of nitrogens with two attached hydrogens (primary N) is 1. The lowest BCUT2D eigenvalue weighted by molar-refractivity contribution is 0.360. The van der Waals surface area contributed by atoms with E-state index >= 15 is 0 Å². The molecular weight excluding hydrogens is 270 g/mol. The number of hydrogen-bond acceptors (Lipinski definition) is 5. The first-order chi connectivity index (χ1) is 7.65. The minimum absolute atomic E-state index is 0.509. The Morgan fingerprint density at radius 3 is 2.81 bits per heavy atom. The van der Waals surface area contributed by atoms with Crippen LogP contribution in [0, 0.1) is 0 Å². The molecular formula is C10H16BrN5. The van der Waals surface area contributed by atoms with Crippen molar-refractivity contribution < 1.29 is 0 Å². The molecule has 1 aliphatic heterocycles. The standard InChI is InChI=1S/C10H16BrN5/c1-15-3-2-4-16(6-5-15)10-13-8(11)7-9(12)14-10/h7H,2-6H2,1H3,(H2,12,13,14). The fourth-order valence-corrected chi connectivity index (χ4v) is 2.20. The van der Waals surface area contributed by atoms with Gasteiger partial charge in [-0.25, -0.2) is 4.98 Å². The minimum atomic E-state index is 0.509. The fraction of sp³-hybridized carbons (Fsp3) is 0.600. The van der Waals surface area contributed by atoms with Crippen molar-refractivity contribution in [2.75, 3.05) is 43.9 Å². The van der Waals surface area contributed by atoms with Gasteiger partial charge in [0, 0.05) is 25.7 Å². The highest BCUT2D eigenvalue weighted by molar-refractivity contribution is 9.10. The fourth-order valence-electron chi connectivity index (χ4n) is 1.81. The molecule has 0 radical (unpaired) electrons. The number of hydrogen-bond donors (Lipinski definition) is 1. The van der Waals surface area contributed by atoms with Crippen molar-refractivity contribution in [1.82, 2.24) is 14.9 Å². The molecule has 1 saturated heterocycles. The number of aromatic nitrogens is 2. The van der Waals surface area contributed by atoms with Gasteiger partial charge in [-0.1, -0.05) is 0 Å². The first kappa shape index (κ1) is 11.6. The van der Waals surface area contributed by atoms with Gasteiger partial charge in [0.1, 0.15) is 10.4 Å². The molecule has 2 rings (SSSR count). The van der Waals surface area contributed by atoms with E-state index in [0.29, 0.717) is 5.82 Å². The van der Waals surface area contributed by atoms with Gasteiger partial charge in [0.25, 0.3) is 0 Å². The molecule has 0 spiro atoms. The summed E-state index contributed by atoms with van der Waals surface area (Å²) in [6, 6.07) is 1.72. The third kappa shape index (κ3) is 2.82. The van der Waals surface area contributed by atoms with Gasteiger partial charge in [-0.2, -0.15) is 4.98 Å². The summed E-state index contributed by atoms with van der Waals surface area (Å²) in [7, 11) is 2.14. The molecule has 0 saturated carbocycles. The zero-order valence-electron chi connectivity index (χ0n) is 9.36. The second-order valence-corrected chi connectivity index (χ2v) is 4.87. The van der Waals surface area contributed by atoms with Crippen LogP contribution in [0.25, 0.3) is 0 Å². The Morgan fingerprint density at radius 1 is 1.25 bits per heavy atom. The van der Waals surface area contributed by atoms with E-state index < -0.39 is 0 Å². The van der Waals surface area contributed by atoms with Crippen molar-refractivity contribution >= 4 is 27.7 Å². The molecule has 1 aromatic heterocycles. The third-order valence-electron chi connectivity index (χ3n) is 2.71. The monoisotopic (exact) mass is 285 g/mol. The summed E-state index contributed by atoms with van der Waals surface area (Å²) in [5.74, 6) is 1.23. The quantitative estimate of drug-likeness (QED) is 0.779. The van der Waals surface area contributed by atoms with Gasteiger partial charge in [-0.3, -0.25) is 0 Å². The first-order valence-corrected chi connectivity index (χ1v) is 6.18. The SMILES string of the molecule is CN1CCCN(c2nc(N)cc(Br)n2)CC1. The zero-order valence-corrected chi connectivity index (χ0v) is 10.9. The molecule has 1 aromatic rings. The molecule has 1 aliphatic rings. The third-order valence-corrected chi connectivity index (χ3v) is 3.11. The largest absolute Gasteiger partial charge is 0.383 e. The van der Waals surface area contributed by atoms with Crippen LogP contribution in [-0.2, 0) is 0 Å². The zero-order chi connectivity index (χ0) is 11.5. The highest BCUT2D eigenvalue weighted by atomic mass is 79.9. The Bertz CT molecular complexity index is 350. The average molecular weight is 286 g/mol. The van der Waals surface area contributed by atoms with E-state index in [-0.39, 0.29) is 0 Å². The van der Waals surface area contributed by atoms with Crippen LogP contribution in [0.2, 0.25) is 0 Å². The Hall–Kier alpha value is -0.880. The Morgan fingerprint density at radius 2 is 2.06 bits per heavy atom. The van der Waals surface area contributed by atoms with Crippen LogP contribution in [-0.4, -0.2) is 48.1 Å². The molecule has 5 nitrogen and oxygen atoms in total. The summed E-state index contributed by atoms with van der Waals surface area (Å²) in [6.07, 6.45) is 1.13. The molecule has 6 heteroatoms. The lowest BCUT2D eigenvalue weighted by Crippen LogP contribution is -2.30. The van der Waals surface area contributed by atoms with Crippen LogP contribution in [0.1, 0.15) is 6.42 Å². The number of rotatable bonds is 1. The molecule has 88 valence electrons. The number of halogens is 1. The smallest absolute Gasteiger partial charge is 0.228 e. The van der Waals surface area contributed by atoms with Gasteiger partial charge in [0.15, 0.2) is 0 Å². The van der Waals surface area contributed by atoms with E-state index in [2.05, 4.69) is 42.7 Å². The first-order valence-electron chi connectivity index (χ1n) is 5.39. The van der Waals surface area contributed by atoms with Crippen molar-refractivity contribution in [3.8, 4) is 0 Å². The lowest BCUT2D eigenvalue weighted by atomic mass is 10.4. The predicted molar refractivity (Wildman–Crippen MR) is 68.5 cm³/mol. The molecule has 0 atom stereocenters. The Labute approximate surface area is 104 Å². The van der Waals surface area contributed by atoms with Crippen molar-refractivity contribution in [2.45, 2.75) is 6.42 Å². The topological polar surface area (TPSA) is 58.3 Å². The second kappa shape index (κ2) is 4.97. The van der Waals surface area contributed by atoms with Crippen LogP contribution < -0.4 is 10.6 Å². The van der Waals surface area contributed by atoms with Gasteiger partial charge in [-0.05, 0) is 35.9 Å². The number of nitrogen functional groups attached to an aromatic ring is 1. The minimum Gasteiger partial charge on any atom is -0.383 e. The maximum absolute atomic E-state index is 5.71. The highest BCUT2D eigenvalue weighted by Gasteiger charge is 2.15. The van der Waals surface area contributed by atoms with Crippen LogP contribution >= 0.6 is 15.9 Å². The van der Waals surface area contributed by atoms with E-state index in [1.54, 1.807) is 6.07 Å². The summed E-state index contributed by atoms with van der Waals surface area (Å²) in [5, 5.41) is 0. The number of likely N-dealkylation sites (N-methyl/N-ethyl adjacent to an activating group) is 1. The van der Waals surface area contributed by atoms with Crippen molar-refractivity contribution in [2.24, 2.45) is 0 Å². The molecule has 0 aliphatic carbocycles. The Balaban J connectivity index is 2.16.